The lowest BCUT2D eigenvalue weighted by atomic mass is 9.78. The molecular weight excluding hydrogens is 404 g/mol. The highest BCUT2D eigenvalue weighted by molar-refractivity contribution is 5.95. The summed E-state index contributed by atoms with van der Waals surface area (Å²) in [5.41, 5.74) is 6.91. The first-order chi connectivity index (χ1) is 14.6. The van der Waals surface area contributed by atoms with Crippen LogP contribution in [-0.2, 0) is 19.1 Å². The average molecular weight is 432 g/mol. The maximum absolute atomic E-state index is 12.9. The van der Waals surface area contributed by atoms with Crippen LogP contribution in [0.1, 0.15) is 19.3 Å². The van der Waals surface area contributed by atoms with Gasteiger partial charge < -0.3 is 30.7 Å². The van der Waals surface area contributed by atoms with E-state index in [4.69, 9.17) is 10.5 Å². The third-order valence-electron chi connectivity index (χ3n) is 7.30. The zero-order valence-electron chi connectivity index (χ0n) is 17.1. The third-order valence-corrected chi connectivity index (χ3v) is 7.30. The van der Waals surface area contributed by atoms with E-state index in [1.807, 2.05) is 0 Å². The van der Waals surface area contributed by atoms with Gasteiger partial charge in [0.05, 0.1) is 30.7 Å². The molecule has 0 bridgehead atoms. The zero-order valence-corrected chi connectivity index (χ0v) is 17.1. The molecule has 3 fully saturated rings. The number of nitrogens with two attached hydrogens (primary N) is 1. The molecular formula is C22H28N2O7. The van der Waals surface area contributed by atoms with Crippen LogP contribution in [-0.4, -0.2) is 69.5 Å². The number of rotatable bonds is 4. The minimum atomic E-state index is -0.919. The van der Waals surface area contributed by atoms with Crippen molar-refractivity contribution < 1.29 is 34.4 Å². The number of amides is 2. The van der Waals surface area contributed by atoms with E-state index in [1.54, 1.807) is 0 Å². The Balaban J connectivity index is 1.65. The van der Waals surface area contributed by atoms with Crippen molar-refractivity contribution in [3.05, 3.63) is 36.1 Å². The van der Waals surface area contributed by atoms with E-state index in [1.165, 1.54) is 11.1 Å². The molecule has 2 amide bonds. The largest absolute Gasteiger partial charge is 0.461 e. The Kier molecular flexibility index (Phi) is 5.53. The zero-order chi connectivity index (χ0) is 22.6. The SMILES string of the molecule is C=C1[C@@H]2[C@H]3OC(=O)[C@@H](CN4C=C(C(N)=O)CC(CO)C4=O)[C@@H]3[C@@H](O)CC(=C)[C@@H]2C[C@@H]1O. The van der Waals surface area contributed by atoms with Crippen LogP contribution in [0.5, 0.6) is 0 Å². The minimum absolute atomic E-state index is 0.0340. The molecule has 0 aromatic heterocycles. The smallest absolute Gasteiger partial charge is 0.311 e. The Morgan fingerprint density at radius 2 is 1.97 bits per heavy atom. The monoisotopic (exact) mass is 432 g/mol. The van der Waals surface area contributed by atoms with Crippen molar-refractivity contribution in [2.45, 2.75) is 37.6 Å². The molecule has 2 saturated carbocycles. The van der Waals surface area contributed by atoms with E-state index in [0.29, 0.717) is 12.0 Å². The van der Waals surface area contributed by atoms with Gasteiger partial charge in [0.1, 0.15) is 6.10 Å². The summed E-state index contributed by atoms with van der Waals surface area (Å²) in [6.45, 7) is 7.51. The first kappa shape index (κ1) is 21.7. The predicted octanol–water partition coefficient (Wildman–Crippen LogP) is -0.772. The highest BCUT2D eigenvalue weighted by Crippen LogP contribution is 2.52. The number of carbonyl (C=O) groups is 3. The number of fused-ring (bicyclic) bond motifs is 3. The van der Waals surface area contributed by atoms with Crippen LogP contribution < -0.4 is 5.73 Å². The summed E-state index contributed by atoms with van der Waals surface area (Å²) in [5.74, 6) is -4.47. The van der Waals surface area contributed by atoms with Crippen molar-refractivity contribution in [3.63, 3.8) is 0 Å². The quantitative estimate of drug-likeness (QED) is 0.336. The van der Waals surface area contributed by atoms with E-state index in [-0.39, 0.29) is 36.8 Å². The lowest BCUT2D eigenvalue weighted by Crippen LogP contribution is -2.45. The molecule has 2 aliphatic carbocycles. The van der Waals surface area contributed by atoms with Gasteiger partial charge >= 0.3 is 5.97 Å². The van der Waals surface area contributed by atoms with Gasteiger partial charge in [0.2, 0.25) is 11.8 Å². The highest BCUT2D eigenvalue weighted by Gasteiger charge is 2.58. The summed E-state index contributed by atoms with van der Waals surface area (Å²) >= 11 is 0. The number of hydrogen-bond acceptors (Lipinski definition) is 7. The van der Waals surface area contributed by atoms with Gasteiger partial charge in [-0.15, -0.1) is 0 Å². The second-order valence-electron chi connectivity index (χ2n) is 9.07. The standard InChI is InChI=1S/C22H28N2O7/c1-9-3-16(27)18-14(7-24-6-11(20(23)28)4-12(8-25)21(24)29)22(30)31-19(18)17-10(2)15(26)5-13(9)17/h6,12-19,25-27H,1-5,7-8H2,(H2,23,28)/t12?,13-,14-,15-,16-,17-,18+,19+/m0/s1. The van der Waals surface area contributed by atoms with Crippen molar-refractivity contribution in [2.24, 2.45) is 35.3 Å². The number of nitrogens with zero attached hydrogens (tertiary/aromatic N) is 1. The Morgan fingerprint density at radius 1 is 1.26 bits per heavy atom. The van der Waals surface area contributed by atoms with E-state index in [9.17, 15) is 29.7 Å². The summed E-state index contributed by atoms with van der Waals surface area (Å²) in [4.78, 5) is 38.5. The molecule has 168 valence electrons. The van der Waals surface area contributed by atoms with Gasteiger partial charge in [-0.3, -0.25) is 14.4 Å². The van der Waals surface area contributed by atoms with Gasteiger partial charge in [-0.05, 0) is 30.8 Å². The Morgan fingerprint density at radius 3 is 2.61 bits per heavy atom. The first-order valence-electron chi connectivity index (χ1n) is 10.5. The number of carbonyl (C=O) groups excluding carboxylic acids is 3. The normalized spacial score (nSPS) is 40.2. The number of esters is 1. The topological polar surface area (TPSA) is 150 Å². The summed E-state index contributed by atoms with van der Waals surface area (Å²) in [6.07, 6.45) is -0.297. The summed E-state index contributed by atoms with van der Waals surface area (Å²) in [7, 11) is 0. The van der Waals surface area contributed by atoms with Gasteiger partial charge in [-0.25, -0.2) is 0 Å². The molecule has 8 atom stereocenters. The van der Waals surface area contributed by atoms with Gasteiger partial charge in [-0.1, -0.05) is 18.7 Å². The van der Waals surface area contributed by atoms with Crippen molar-refractivity contribution in [1.82, 2.24) is 4.90 Å². The molecule has 9 nitrogen and oxygen atoms in total. The van der Waals surface area contributed by atoms with Crippen LogP contribution >= 0.6 is 0 Å². The van der Waals surface area contributed by atoms with Gasteiger partial charge in [0, 0.05) is 30.2 Å². The molecule has 0 radical (unpaired) electrons. The molecule has 5 N–H and O–H groups in total. The fourth-order valence-corrected chi connectivity index (χ4v) is 5.67. The van der Waals surface area contributed by atoms with E-state index in [0.717, 1.165) is 5.57 Å². The summed E-state index contributed by atoms with van der Waals surface area (Å²) in [6, 6.07) is 0. The molecule has 2 aliphatic heterocycles. The maximum atomic E-state index is 12.9. The van der Waals surface area contributed by atoms with E-state index < -0.39 is 60.5 Å². The molecule has 31 heavy (non-hydrogen) atoms. The number of aliphatic hydroxyl groups excluding tert-OH is 3. The van der Waals surface area contributed by atoms with Crippen molar-refractivity contribution in [1.29, 1.82) is 0 Å². The third kappa shape index (κ3) is 3.50. The Labute approximate surface area is 179 Å². The summed E-state index contributed by atoms with van der Waals surface area (Å²) < 4.78 is 5.70. The van der Waals surface area contributed by atoms with Gasteiger partial charge in [-0.2, -0.15) is 0 Å². The van der Waals surface area contributed by atoms with Crippen molar-refractivity contribution >= 4 is 17.8 Å². The molecule has 1 unspecified atom stereocenters. The van der Waals surface area contributed by atoms with Crippen LogP contribution in [0.4, 0.5) is 0 Å². The molecule has 4 aliphatic rings. The van der Waals surface area contributed by atoms with Crippen LogP contribution in [0.3, 0.4) is 0 Å². The van der Waals surface area contributed by atoms with Gasteiger partial charge in [0.25, 0.3) is 0 Å². The molecule has 0 aromatic rings. The lowest BCUT2D eigenvalue weighted by Gasteiger charge is -2.33. The average Bonchev–Trinajstić information content (AvgIpc) is 3.16. The molecule has 9 heteroatoms. The van der Waals surface area contributed by atoms with Crippen LogP contribution in [0.15, 0.2) is 36.1 Å². The molecule has 4 rings (SSSR count). The number of primary amides is 1. The van der Waals surface area contributed by atoms with Crippen molar-refractivity contribution in [3.8, 4) is 0 Å². The summed E-state index contributed by atoms with van der Waals surface area (Å²) in [5, 5.41) is 30.8. The second kappa shape index (κ2) is 7.89. The van der Waals surface area contributed by atoms with E-state index in [2.05, 4.69) is 13.2 Å². The number of hydrogen-bond donors (Lipinski definition) is 4. The number of ether oxygens (including phenoxy) is 1. The van der Waals surface area contributed by atoms with E-state index >= 15 is 0 Å². The van der Waals surface area contributed by atoms with Gasteiger partial charge in [0.15, 0.2) is 0 Å². The lowest BCUT2D eigenvalue weighted by molar-refractivity contribution is -0.146. The first-order valence-corrected chi connectivity index (χ1v) is 10.5. The van der Waals surface area contributed by atoms with Crippen molar-refractivity contribution in [2.75, 3.05) is 13.2 Å². The predicted molar refractivity (Wildman–Crippen MR) is 108 cm³/mol. The van der Waals surface area contributed by atoms with Crippen LogP contribution in [0.25, 0.3) is 0 Å². The fourth-order valence-electron chi connectivity index (χ4n) is 5.67. The number of aliphatic hydroxyl groups is 3. The fraction of sp³-hybridized carbons (Fsp3) is 0.591. The van der Waals surface area contributed by atoms with Crippen LogP contribution in [0.2, 0.25) is 0 Å². The Hall–Kier alpha value is -2.49. The molecule has 0 spiro atoms. The second-order valence-corrected chi connectivity index (χ2v) is 9.07. The molecule has 2 heterocycles. The molecule has 1 saturated heterocycles. The van der Waals surface area contributed by atoms with Crippen LogP contribution in [0, 0.1) is 29.6 Å². The Bertz CT molecular complexity index is 881. The highest BCUT2D eigenvalue weighted by atomic mass is 16.6. The minimum Gasteiger partial charge on any atom is -0.461 e. The maximum Gasteiger partial charge on any atom is 0.311 e. The molecule has 0 aromatic carbocycles.